The molecule has 132 valence electrons. The quantitative estimate of drug-likeness (QED) is 0.788. The minimum Gasteiger partial charge on any atom is -0.399 e. The van der Waals surface area contributed by atoms with Crippen LogP contribution in [0.25, 0.3) is 11.5 Å². The molecule has 1 aliphatic carbocycles. The molecule has 0 unspecified atom stereocenters. The van der Waals surface area contributed by atoms with E-state index in [0.717, 1.165) is 24.0 Å². The van der Waals surface area contributed by atoms with Crippen LogP contribution in [0.5, 0.6) is 0 Å². The van der Waals surface area contributed by atoms with Crippen LogP contribution in [0.3, 0.4) is 0 Å². The molecule has 2 aromatic rings. The molecule has 2 aromatic heterocycles. The molecule has 4 rings (SSSR count). The van der Waals surface area contributed by atoms with Crippen molar-refractivity contribution in [2.24, 2.45) is 7.05 Å². The molecule has 1 aliphatic heterocycles. The molecular weight excluding hydrogens is 321 g/mol. The molecule has 0 bridgehead atoms. The number of hydrogen-bond acceptors (Lipinski definition) is 6. The van der Waals surface area contributed by atoms with E-state index in [9.17, 15) is 4.79 Å². The van der Waals surface area contributed by atoms with Gasteiger partial charge in [-0.2, -0.15) is 4.68 Å². The molecule has 7 nitrogen and oxygen atoms in total. The van der Waals surface area contributed by atoms with E-state index in [4.69, 9.17) is 13.7 Å². The molecule has 2 aliphatic rings. The highest BCUT2D eigenvalue weighted by atomic mass is 16.7. The molecule has 1 saturated carbocycles. The molecule has 0 amide bonds. The second kappa shape index (κ2) is 5.28. The Labute approximate surface area is 146 Å². The van der Waals surface area contributed by atoms with Gasteiger partial charge in [0.15, 0.2) is 0 Å². The standard InChI is InChI=1S/C17H22BN3O4/c1-16(2)17(3,4)25-18(24-16)12-8-11(9-19-13(12)10-6-7-10)14-20-21(5)15(22)23-14/h8-10H,6-7H2,1-5H3. The Kier molecular flexibility index (Phi) is 3.50. The van der Waals surface area contributed by atoms with E-state index in [1.807, 2.05) is 33.8 Å². The lowest BCUT2D eigenvalue weighted by molar-refractivity contribution is 0.00578. The van der Waals surface area contributed by atoms with Crippen molar-refractivity contribution in [3.8, 4) is 11.5 Å². The number of aromatic nitrogens is 3. The van der Waals surface area contributed by atoms with E-state index < -0.39 is 24.1 Å². The van der Waals surface area contributed by atoms with Crippen molar-refractivity contribution in [1.82, 2.24) is 14.8 Å². The first-order valence-electron chi connectivity index (χ1n) is 8.58. The predicted octanol–water partition coefficient (Wildman–Crippen LogP) is 1.61. The Morgan fingerprint density at radius 1 is 1.20 bits per heavy atom. The van der Waals surface area contributed by atoms with Gasteiger partial charge in [0, 0.05) is 30.3 Å². The van der Waals surface area contributed by atoms with Crippen molar-refractivity contribution in [1.29, 1.82) is 0 Å². The third-order valence-corrected chi connectivity index (χ3v) is 5.36. The first-order chi connectivity index (χ1) is 11.7. The Morgan fingerprint density at radius 3 is 2.36 bits per heavy atom. The van der Waals surface area contributed by atoms with Gasteiger partial charge >= 0.3 is 12.9 Å². The second-order valence-electron chi connectivity index (χ2n) is 7.86. The van der Waals surface area contributed by atoms with Crippen molar-refractivity contribution < 1.29 is 13.7 Å². The topological polar surface area (TPSA) is 79.4 Å². The molecule has 0 atom stereocenters. The van der Waals surface area contributed by atoms with Crippen LogP contribution in [0.1, 0.15) is 52.1 Å². The maximum atomic E-state index is 11.6. The van der Waals surface area contributed by atoms with Crippen LogP contribution >= 0.6 is 0 Å². The molecule has 0 N–H and O–H groups in total. The van der Waals surface area contributed by atoms with E-state index in [1.54, 1.807) is 13.2 Å². The van der Waals surface area contributed by atoms with Crippen LogP contribution in [0.15, 0.2) is 21.5 Å². The number of rotatable bonds is 3. The summed E-state index contributed by atoms with van der Waals surface area (Å²) in [5, 5.41) is 4.11. The Balaban J connectivity index is 1.77. The van der Waals surface area contributed by atoms with Crippen molar-refractivity contribution in [2.45, 2.75) is 57.7 Å². The monoisotopic (exact) mass is 343 g/mol. The molecular formula is C17H22BN3O4. The highest BCUT2D eigenvalue weighted by molar-refractivity contribution is 6.62. The van der Waals surface area contributed by atoms with Gasteiger partial charge in [0.1, 0.15) is 0 Å². The predicted molar refractivity (Wildman–Crippen MR) is 92.7 cm³/mol. The fourth-order valence-corrected chi connectivity index (χ4v) is 2.93. The summed E-state index contributed by atoms with van der Waals surface area (Å²) >= 11 is 0. The summed E-state index contributed by atoms with van der Waals surface area (Å²) in [6.07, 6.45) is 3.95. The van der Waals surface area contributed by atoms with Crippen LogP contribution in [0.4, 0.5) is 0 Å². The van der Waals surface area contributed by atoms with Gasteiger partial charge in [-0.05, 0) is 46.6 Å². The van der Waals surface area contributed by atoms with Crippen LogP contribution in [0.2, 0.25) is 0 Å². The lowest BCUT2D eigenvalue weighted by atomic mass is 9.76. The van der Waals surface area contributed by atoms with Crippen molar-refractivity contribution in [2.75, 3.05) is 0 Å². The van der Waals surface area contributed by atoms with Crippen LogP contribution in [-0.2, 0) is 16.4 Å². The zero-order valence-electron chi connectivity index (χ0n) is 15.2. The van der Waals surface area contributed by atoms with Gasteiger partial charge in [0.2, 0.25) is 0 Å². The third-order valence-electron chi connectivity index (χ3n) is 5.36. The number of hydrogen-bond donors (Lipinski definition) is 0. The fraction of sp³-hybridized carbons (Fsp3) is 0.588. The molecule has 8 heteroatoms. The SMILES string of the molecule is Cn1nc(-c2cnc(C3CC3)c(B3OC(C)(C)C(C)(C)O3)c2)oc1=O. The maximum absolute atomic E-state index is 11.6. The lowest BCUT2D eigenvalue weighted by Crippen LogP contribution is -2.41. The average Bonchev–Trinajstić information content (AvgIpc) is 3.27. The van der Waals surface area contributed by atoms with Crippen LogP contribution in [0, 0.1) is 0 Å². The van der Waals surface area contributed by atoms with Gasteiger partial charge in [-0.3, -0.25) is 4.98 Å². The van der Waals surface area contributed by atoms with Crippen molar-refractivity contribution >= 4 is 12.6 Å². The van der Waals surface area contributed by atoms with Crippen LogP contribution in [-0.4, -0.2) is 33.1 Å². The van der Waals surface area contributed by atoms with E-state index in [-0.39, 0.29) is 5.89 Å². The second-order valence-corrected chi connectivity index (χ2v) is 7.86. The molecule has 0 aromatic carbocycles. The Hall–Kier alpha value is -1.93. The van der Waals surface area contributed by atoms with Gasteiger partial charge < -0.3 is 13.7 Å². The summed E-state index contributed by atoms with van der Waals surface area (Å²) in [5.74, 6) is 0.192. The first kappa shape index (κ1) is 16.5. The summed E-state index contributed by atoms with van der Waals surface area (Å²) in [7, 11) is 1.06. The Morgan fingerprint density at radius 2 is 1.84 bits per heavy atom. The Bertz CT molecular complexity index is 866. The van der Waals surface area contributed by atoms with E-state index >= 15 is 0 Å². The molecule has 1 saturated heterocycles. The highest BCUT2D eigenvalue weighted by Gasteiger charge is 2.53. The third kappa shape index (κ3) is 2.73. The summed E-state index contributed by atoms with van der Waals surface area (Å²) in [6.45, 7) is 8.11. The molecule has 0 radical (unpaired) electrons. The van der Waals surface area contributed by atoms with Gasteiger partial charge in [-0.15, -0.1) is 5.10 Å². The number of aryl methyl sites for hydroxylation is 1. The van der Waals surface area contributed by atoms with Gasteiger partial charge in [0.05, 0.1) is 16.8 Å². The normalized spacial score (nSPS) is 21.7. The minimum absolute atomic E-state index is 0.250. The average molecular weight is 343 g/mol. The first-order valence-corrected chi connectivity index (χ1v) is 8.58. The van der Waals surface area contributed by atoms with E-state index in [1.165, 1.54) is 4.68 Å². The largest absolute Gasteiger partial charge is 0.496 e. The van der Waals surface area contributed by atoms with E-state index in [2.05, 4.69) is 10.1 Å². The summed E-state index contributed by atoms with van der Waals surface area (Å²) in [4.78, 5) is 16.2. The molecule has 25 heavy (non-hydrogen) atoms. The van der Waals surface area contributed by atoms with E-state index in [0.29, 0.717) is 11.5 Å². The lowest BCUT2D eigenvalue weighted by Gasteiger charge is -2.32. The zero-order valence-corrected chi connectivity index (χ0v) is 15.2. The van der Waals surface area contributed by atoms with Gasteiger partial charge in [0.25, 0.3) is 5.89 Å². The fourth-order valence-electron chi connectivity index (χ4n) is 2.93. The van der Waals surface area contributed by atoms with Crippen molar-refractivity contribution in [3.63, 3.8) is 0 Å². The maximum Gasteiger partial charge on any atom is 0.496 e. The van der Waals surface area contributed by atoms with Gasteiger partial charge in [-0.25, -0.2) is 4.79 Å². The van der Waals surface area contributed by atoms with Crippen molar-refractivity contribution in [3.05, 3.63) is 28.5 Å². The summed E-state index contributed by atoms with van der Waals surface area (Å²) in [6, 6.07) is 1.92. The van der Waals surface area contributed by atoms with Gasteiger partial charge in [-0.1, -0.05) is 0 Å². The number of nitrogens with zero attached hydrogens (tertiary/aromatic N) is 3. The number of pyridine rings is 1. The summed E-state index contributed by atoms with van der Waals surface area (Å²) in [5.41, 5.74) is 1.69. The smallest absolute Gasteiger partial charge is 0.399 e. The summed E-state index contributed by atoms with van der Waals surface area (Å²) < 4.78 is 18.8. The molecule has 3 heterocycles. The minimum atomic E-state index is -0.501. The zero-order chi connectivity index (χ0) is 18.0. The highest BCUT2D eigenvalue weighted by Crippen LogP contribution is 2.41. The van der Waals surface area contributed by atoms with Crippen LogP contribution < -0.4 is 11.2 Å². The molecule has 2 fully saturated rings. The molecule has 0 spiro atoms.